The van der Waals surface area contributed by atoms with Crippen molar-refractivity contribution in [1.29, 1.82) is 0 Å². The number of rotatable bonds is 7. The number of amides is 4. The number of halogens is 2. The van der Waals surface area contributed by atoms with Gasteiger partial charge in [-0.2, -0.15) is 0 Å². The molecule has 2 aliphatic heterocycles. The maximum absolute atomic E-state index is 14.6. The molecule has 4 aliphatic rings. The van der Waals surface area contributed by atoms with Crippen molar-refractivity contribution in [1.82, 2.24) is 30.2 Å². The molecule has 0 unspecified atom stereocenters. The molecule has 2 saturated carbocycles. The molecule has 2 aliphatic carbocycles. The Morgan fingerprint density at radius 2 is 1.80 bits per heavy atom. The van der Waals surface area contributed by atoms with Crippen LogP contribution in [-0.2, 0) is 24.4 Å². The maximum atomic E-state index is 14.6. The van der Waals surface area contributed by atoms with Crippen LogP contribution in [0.4, 0.5) is 8.78 Å². The van der Waals surface area contributed by atoms with E-state index in [1.54, 1.807) is 12.3 Å². The Morgan fingerprint density at radius 3 is 2.55 bits per heavy atom. The smallest absolute Gasteiger partial charge is 0.271 e. The van der Waals surface area contributed by atoms with Crippen molar-refractivity contribution in [3.8, 4) is 5.88 Å². The number of carbonyl (C=O) groups is 4. The second-order valence-electron chi connectivity index (χ2n) is 15.4. The Balaban J connectivity index is 1.14. The molecule has 2 aromatic carbocycles. The highest BCUT2D eigenvalue weighted by Crippen LogP contribution is 2.47. The standard InChI is InChI=1S/C39H40F2N6O7S2/c1-38(13-14-38)56(52,53)46-37(51)39-18-22(39)7-5-3-2-4-6-8-29(43-33(48)31-20-55-21-42-31)36(50)47-19-25(17-32(47)34(49)45-39)54-35-27-12-10-23(40)15-28(27)26-11-9-24(41)16-30(26)44-35/h5,7,9-12,15-16,20-22,25,29,32H,2-4,6,8,13-14,17-19H2,1H3,(H,43,48)(H,45,49)(H,46,51)/b7-5-/t22-,25-,29+,32+,39-/m1/s1. The van der Waals surface area contributed by atoms with Gasteiger partial charge >= 0.3 is 0 Å². The van der Waals surface area contributed by atoms with Crippen molar-refractivity contribution in [3.63, 3.8) is 0 Å². The number of pyridine rings is 1. The van der Waals surface area contributed by atoms with Crippen molar-refractivity contribution in [2.45, 2.75) is 93.2 Å². The number of sulfonamides is 1. The van der Waals surface area contributed by atoms with Crippen LogP contribution in [0, 0.1) is 17.6 Å². The number of hydrogen-bond acceptors (Lipinski definition) is 10. The van der Waals surface area contributed by atoms with Crippen molar-refractivity contribution in [3.05, 3.63) is 76.8 Å². The second kappa shape index (κ2) is 14.5. The maximum Gasteiger partial charge on any atom is 0.271 e. The molecule has 3 fully saturated rings. The van der Waals surface area contributed by atoms with Gasteiger partial charge in [0.2, 0.25) is 27.7 Å². The van der Waals surface area contributed by atoms with Crippen LogP contribution in [0.25, 0.3) is 21.7 Å². The number of aromatic nitrogens is 2. The van der Waals surface area contributed by atoms with Crippen LogP contribution in [0.1, 0.15) is 75.2 Å². The average Bonchev–Trinajstić information content (AvgIpc) is 3.90. The van der Waals surface area contributed by atoms with Gasteiger partial charge in [0.25, 0.3) is 11.8 Å². The van der Waals surface area contributed by atoms with Crippen molar-refractivity contribution < 1.29 is 41.1 Å². The molecule has 13 nitrogen and oxygen atoms in total. The second-order valence-corrected chi connectivity index (χ2v) is 18.3. The summed E-state index contributed by atoms with van der Waals surface area (Å²) in [6.45, 7) is 1.42. The fourth-order valence-corrected chi connectivity index (χ4v) is 9.52. The van der Waals surface area contributed by atoms with Gasteiger partial charge < -0.3 is 20.3 Å². The van der Waals surface area contributed by atoms with Gasteiger partial charge in [-0.3, -0.25) is 23.9 Å². The molecule has 17 heteroatoms. The molecule has 0 bridgehead atoms. The van der Waals surface area contributed by atoms with E-state index < -0.39 is 79.7 Å². The lowest BCUT2D eigenvalue weighted by molar-refractivity contribution is -0.141. The third-order valence-electron chi connectivity index (χ3n) is 11.4. The van der Waals surface area contributed by atoms with Gasteiger partial charge in [0.1, 0.15) is 41.1 Å². The minimum atomic E-state index is -4.03. The van der Waals surface area contributed by atoms with Gasteiger partial charge in [-0.05, 0) is 81.2 Å². The number of hydrogen-bond donors (Lipinski definition) is 3. The molecule has 0 radical (unpaired) electrons. The summed E-state index contributed by atoms with van der Waals surface area (Å²) >= 11 is 1.23. The number of nitrogens with zero attached hydrogens (tertiary/aromatic N) is 3. The minimum absolute atomic E-state index is 0.0362. The monoisotopic (exact) mass is 806 g/mol. The lowest BCUT2D eigenvalue weighted by Gasteiger charge is -2.30. The summed E-state index contributed by atoms with van der Waals surface area (Å²) in [5.41, 5.74) is 0.276. The topological polar surface area (TPSA) is 177 Å². The predicted molar refractivity (Wildman–Crippen MR) is 203 cm³/mol. The van der Waals surface area contributed by atoms with Gasteiger partial charge in [0.15, 0.2) is 0 Å². The van der Waals surface area contributed by atoms with E-state index in [-0.39, 0.29) is 42.9 Å². The molecule has 1 saturated heterocycles. The number of allylic oxidation sites excluding steroid dienone is 1. The number of carbonyl (C=O) groups excluding carboxylic acids is 4. The molecule has 4 heterocycles. The summed E-state index contributed by atoms with van der Waals surface area (Å²) < 4.78 is 62.8. The Bertz CT molecular complexity index is 2390. The highest BCUT2D eigenvalue weighted by molar-refractivity contribution is 7.91. The van der Waals surface area contributed by atoms with Crippen LogP contribution in [0.5, 0.6) is 5.88 Å². The third kappa shape index (κ3) is 7.22. The summed E-state index contributed by atoms with van der Waals surface area (Å²) in [6.07, 6.45) is 6.75. The van der Waals surface area contributed by atoms with Crippen molar-refractivity contribution in [2.75, 3.05) is 6.54 Å². The van der Waals surface area contributed by atoms with E-state index >= 15 is 0 Å². The first kappa shape index (κ1) is 37.9. The molecule has 5 atom stereocenters. The highest BCUT2D eigenvalue weighted by Gasteiger charge is 2.63. The molecule has 0 spiro atoms. The zero-order chi connectivity index (χ0) is 39.4. The Morgan fingerprint density at radius 1 is 1.04 bits per heavy atom. The molecule has 4 amide bonds. The summed E-state index contributed by atoms with van der Waals surface area (Å²) in [5.74, 6) is -4.19. The Kier molecular flexibility index (Phi) is 9.79. The molecule has 4 aromatic rings. The van der Waals surface area contributed by atoms with E-state index in [1.165, 1.54) is 58.1 Å². The normalized spacial score (nSPS) is 26.9. The first-order valence-electron chi connectivity index (χ1n) is 18.7. The highest BCUT2D eigenvalue weighted by atomic mass is 32.2. The van der Waals surface area contributed by atoms with Crippen LogP contribution in [0.3, 0.4) is 0 Å². The van der Waals surface area contributed by atoms with Gasteiger partial charge in [-0.25, -0.2) is 27.2 Å². The van der Waals surface area contributed by atoms with Crippen LogP contribution >= 0.6 is 11.3 Å². The van der Waals surface area contributed by atoms with Gasteiger partial charge in [-0.1, -0.05) is 25.0 Å². The number of thiazole rings is 1. The molecule has 56 heavy (non-hydrogen) atoms. The van der Waals surface area contributed by atoms with Crippen LogP contribution in [0.2, 0.25) is 0 Å². The van der Waals surface area contributed by atoms with Crippen molar-refractivity contribution in [2.24, 2.45) is 5.92 Å². The molecule has 294 valence electrons. The van der Waals surface area contributed by atoms with Crippen LogP contribution in [0.15, 0.2) is 59.4 Å². The summed E-state index contributed by atoms with van der Waals surface area (Å²) in [5, 5.41) is 8.56. The van der Waals surface area contributed by atoms with E-state index in [9.17, 15) is 36.4 Å². The zero-order valence-electron chi connectivity index (χ0n) is 30.4. The zero-order valence-corrected chi connectivity index (χ0v) is 32.1. The Hall–Kier alpha value is -5.03. The van der Waals surface area contributed by atoms with Gasteiger partial charge in [-0.15, -0.1) is 11.3 Å². The lowest BCUT2D eigenvalue weighted by Crippen LogP contribution is -2.58. The van der Waals surface area contributed by atoms with E-state index in [4.69, 9.17) is 4.74 Å². The molecular weight excluding hydrogens is 767 g/mol. The summed E-state index contributed by atoms with van der Waals surface area (Å²) in [6, 6.07) is 5.72. The number of nitrogens with one attached hydrogen (secondary N) is 3. The SMILES string of the molecule is CC1(S(=O)(=O)NC(=O)[C@@]23C[C@H]2/C=C\CCCCC[C@H](NC(=O)c2cscn2)C(=O)N2C[C@H](Oc4nc5cc(F)ccc5c5cc(F)ccc45)C[C@H]2C(=O)N3)CC1. The van der Waals surface area contributed by atoms with Crippen LogP contribution in [-0.4, -0.2) is 81.9 Å². The minimum Gasteiger partial charge on any atom is -0.472 e. The van der Waals surface area contributed by atoms with Gasteiger partial charge in [0, 0.05) is 34.6 Å². The molecule has 2 aromatic heterocycles. The number of benzene rings is 2. The molecule has 3 N–H and O–H groups in total. The summed E-state index contributed by atoms with van der Waals surface area (Å²) in [4.78, 5) is 66.1. The molecule has 8 rings (SSSR count). The quantitative estimate of drug-likeness (QED) is 0.177. The first-order valence-corrected chi connectivity index (χ1v) is 21.1. The fourth-order valence-electron chi connectivity index (χ4n) is 7.67. The van der Waals surface area contributed by atoms with E-state index in [0.717, 1.165) is 12.8 Å². The Labute approximate surface area is 325 Å². The first-order chi connectivity index (χ1) is 26.8. The predicted octanol–water partition coefficient (Wildman–Crippen LogP) is 4.66. The van der Waals surface area contributed by atoms with Crippen molar-refractivity contribution >= 4 is 66.7 Å². The van der Waals surface area contributed by atoms with E-state index in [0.29, 0.717) is 41.8 Å². The lowest BCUT2D eigenvalue weighted by atomic mass is 10.0. The third-order valence-corrected chi connectivity index (χ3v) is 14.2. The van der Waals surface area contributed by atoms with Crippen LogP contribution < -0.4 is 20.1 Å². The largest absolute Gasteiger partial charge is 0.472 e. The van der Waals surface area contributed by atoms with E-state index in [1.807, 2.05) is 12.2 Å². The number of ether oxygens (including phenoxy) is 1. The fraction of sp³-hybridized carbons (Fsp3) is 0.436. The van der Waals surface area contributed by atoms with E-state index in [2.05, 4.69) is 25.3 Å². The number of fused-ring (bicyclic) bond motifs is 5. The summed E-state index contributed by atoms with van der Waals surface area (Å²) in [7, 11) is -4.03. The van der Waals surface area contributed by atoms with Gasteiger partial charge in [0.05, 0.1) is 22.3 Å². The average molecular weight is 807 g/mol. The molecular formula is C39H40F2N6O7S2.